The van der Waals surface area contributed by atoms with E-state index in [1.165, 1.54) is 12.8 Å². The Morgan fingerprint density at radius 2 is 1.71 bits per heavy atom. The zero-order chi connectivity index (χ0) is 14.8. The first kappa shape index (κ1) is 14.3. The molecule has 21 heavy (non-hydrogen) atoms. The number of nitrogen functional groups attached to an aromatic ring is 1. The number of hydrogen-bond acceptors (Lipinski definition) is 7. The Kier molecular flexibility index (Phi) is 4.10. The lowest BCUT2D eigenvalue weighted by Crippen LogP contribution is -2.44. The maximum Gasteiger partial charge on any atom is 0.232 e. The second kappa shape index (κ2) is 6.01. The molecule has 0 saturated carbocycles. The van der Waals surface area contributed by atoms with Crippen LogP contribution in [0.2, 0.25) is 0 Å². The van der Waals surface area contributed by atoms with Gasteiger partial charge in [0.05, 0.1) is 6.10 Å². The standard InChI is InChI=1S/C14H24N6O/c1-10-5-8-20(9-11(10)21-2)14-17-12(15)16-13(18-14)19-6-3-4-7-19/h10-11H,3-9H2,1-2H3,(H2,15,16,17,18). The zero-order valence-corrected chi connectivity index (χ0v) is 12.8. The van der Waals surface area contributed by atoms with E-state index in [2.05, 4.69) is 31.7 Å². The Morgan fingerprint density at radius 1 is 1.05 bits per heavy atom. The summed E-state index contributed by atoms with van der Waals surface area (Å²) in [4.78, 5) is 17.6. The first-order valence-corrected chi connectivity index (χ1v) is 7.71. The normalized spacial score (nSPS) is 26.4. The molecule has 1 aromatic rings. The van der Waals surface area contributed by atoms with Crippen LogP contribution in [0.5, 0.6) is 0 Å². The van der Waals surface area contributed by atoms with Crippen LogP contribution in [0.15, 0.2) is 0 Å². The maximum atomic E-state index is 5.88. The quantitative estimate of drug-likeness (QED) is 0.887. The van der Waals surface area contributed by atoms with Crippen LogP contribution in [0.25, 0.3) is 0 Å². The second-order valence-corrected chi connectivity index (χ2v) is 5.97. The van der Waals surface area contributed by atoms with E-state index in [1.54, 1.807) is 7.11 Å². The Morgan fingerprint density at radius 3 is 2.38 bits per heavy atom. The maximum absolute atomic E-state index is 5.88. The van der Waals surface area contributed by atoms with E-state index in [4.69, 9.17) is 10.5 Å². The van der Waals surface area contributed by atoms with Crippen molar-refractivity contribution in [1.29, 1.82) is 0 Å². The van der Waals surface area contributed by atoms with Crippen molar-refractivity contribution in [3.8, 4) is 0 Å². The fourth-order valence-electron chi connectivity index (χ4n) is 3.09. The molecule has 0 bridgehead atoms. The summed E-state index contributed by atoms with van der Waals surface area (Å²) in [6, 6.07) is 0. The number of nitrogens with two attached hydrogens (primary N) is 1. The zero-order valence-electron chi connectivity index (χ0n) is 12.8. The SMILES string of the molecule is COC1CN(c2nc(N)nc(N3CCCC3)n2)CCC1C. The van der Waals surface area contributed by atoms with Gasteiger partial charge < -0.3 is 20.3 Å². The Bertz CT molecular complexity index is 490. The minimum Gasteiger partial charge on any atom is -0.379 e. The summed E-state index contributed by atoms with van der Waals surface area (Å²) in [5, 5.41) is 0. The average molecular weight is 292 g/mol. The number of nitrogens with zero attached hydrogens (tertiary/aromatic N) is 5. The number of hydrogen-bond donors (Lipinski definition) is 1. The van der Waals surface area contributed by atoms with Crippen LogP contribution in [0.4, 0.5) is 17.8 Å². The molecule has 2 aliphatic rings. The van der Waals surface area contributed by atoms with Crippen LogP contribution in [0, 0.1) is 5.92 Å². The predicted molar refractivity (Wildman–Crippen MR) is 82.5 cm³/mol. The summed E-state index contributed by atoms with van der Waals surface area (Å²) in [7, 11) is 1.77. The van der Waals surface area contributed by atoms with E-state index in [9.17, 15) is 0 Å². The topological polar surface area (TPSA) is 80.4 Å². The lowest BCUT2D eigenvalue weighted by Gasteiger charge is -2.36. The molecule has 7 heteroatoms. The molecule has 1 aromatic heterocycles. The predicted octanol–water partition coefficient (Wildman–Crippen LogP) is 0.915. The van der Waals surface area contributed by atoms with Gasteiger partial charge in [0.1, 0.15) is 0 Å². The van der Waals surface area contributed by atoms with E-state index in [1.807, 2.05) is 0 Å². The molecule has 0 radical (unpaired) electrons. The number of anilines is 3. The lowest BCUT2D eigenvalue weighted by atomic mass is 9.96. The monoisotopic (exact) mass is 292 g/mol. The van der Waals surface area contributed by atoms with E-state index < -0.39 is 0 Å². The van der Waals surface area contributed by atoms with Crippen molar-refractivity contribution in [3.63, 3.8) is 0 Å². The van der Waals surface area contributed by atoms with Gasteiger partial charge in [0.15, 0.2) is 0 Å². The summed E-state index contributed by atoms with van der Waals surface area (Å²) in [6.45, 7) is 5.97. The number of piperidine rings is 1. The third-order valence-electron chi connectivity index (χ3n) is 4.49. The van der Waals surface area contributed by atoms with Crippen molar-refractivity contribution in [2.45, 2.75) is 32.3 Å². The molecule has 7 nitrogen and oxygen atoms in total. The van der Waals surface area contributed by atoms with Crippen molar-refractivity contribution in [3.05, 3.63) is 0 Å². The molecule has 116 valence electrons. The molecule has 3 rings (SSSR count). The number of methoxy groups -OCH3 is 1. The van der Waals surface area contributed by atoms with Gasteiger partial charge in [-0.05, 0) is 25.2 Å². The van der Waals surface area contributed by atoms with Gasteiger partial charge in [-0.1, -0.05) is 6.92 Å². The highest BCUT2D eigenvalue weighted by molar-refractivity contribution is 5.44. The molecule has 0 aromatic carbocycles. The van der Waals surface area contributed by atoms with Gasteiger partial charge >= 0.3 is 0 Å². The van der Waals surface area contributed by atoms with Crippen molar-refractivity contribution >= 4 is 17.8 Å². The number of ether oxygens (including phenoxy) is 1. The van der Waals surface area contributed by atoms with Gasteiger partial charge in [-0.3, -0.25) is 0 Å². The largest absolute Gasteiger partial charge is 0.379 e. The summed E-state index contributed by atoms with van der Waals surface area (Å²) in [5.41, 5.74) is 5.88. The molecule has 2 N–H and O–H groups in total. The van der Waals surface area contributed by atoms with Gasteiger partial charge in [-0.15, -0.1) is 0 Å². The average Bonchev–Trinajstić information content (AvgIpc) is 3.01. The Hall–Kier alpha value is -1.63. The molecule has 3 heterocycles. The molecule has 2 fully saturated rings. The fraction of sp³-hybridized carbons (Fsp3) is 0.786. The van der Waals surface area contributed by atoms with Gasteiger partial charge in [0.25, 0.3) is 0 Å². The van der Waals surface area contributed by atoms with Crippen LogP contribution >= 0.6 is 0 Å². The van der Waals surface area contributed by atoms with E-state index in [0.29, 0.717) is 23.8 Å². The fourth-order valence-corrected chi connectivity index (χ4v) is 3.09. The van der Waals surface area contributed by atoms with Crippen molar-refractivity contribution < 1.29 is 4.74 Å². The number of rotatable bonds is 3. The van der Waals surface area contributed by atoms with Crippen LogP contribution < -0.4 is 15.5 Å². The van der Waals surface area contributed by atoms with Crippen molar-refractivity contribution in [2.75, 3.05) is 48.8 Å². The summed E-state index contributed by atoms with van der Waals surface area (Å²) in [6.07, 6.45) is 3.66. The van der Waals surface area contributed by atoms with Gasteiger partial charge in [-0.2, -0.15) is 15.0 Å². The Labute approximate surface area is 125 Å². The van der Waals surface area contributed by atoms with E-state index in [0.717, 1.165) is 32.6 Å². The first-order chi connectivity index (χ1) is 10.2. The lowest BCUT2D eigenvalue weighted by molar-refractivity contribution is 0.0494. The van der Waals surface area contributed by atoms with Gasteiger partial charge in [0.2, 0.25) is 17.8 Å². The van der Waals surface area contributed by atoms with Crippen LogP contribution in [-0.4, -0.2) is 54.3 Å². The molecule has 2 unspecified atom stereocenters. The van der Waals surface area contributed by atoms with Crippen LogP contribution in [0.1, 0.15) is 26.2 Å². The highest BCUT2D eigenvalue weighted by Crippen LogP contribution is 2.25. The highest BCUT2D eigenvalue weighted by Gasteiger charge is 2.28. The minimum atomic E-state index is 0.215. The third kappa shape index (κ3) is 3.02. The molecule has 2 aliphatic heterocycles. The van der Waals surface area contributed by atoms with Crippen LogP contribution in [0.3, 0.4) is 0 Å². The third-order valence-corrected chi connectivity index (χ3v) is 4.49. The Balaban J connectivity index is 1.81. The van der Waals surface area contributed by atoms with Gasteiger partial charge in [0, 0.05) is 33.3 Å². The van der Waals surface area contributed by atoms with E-state index in [-0.39, 0.29) is 6.10 Å². The first-order valence-electron chi connectivity index (χ1n) is 7.71. The molecule has 0 aliphatic carbocycles. The number of aromatic nitrogens is 3. The molecular weight excluding hydrogens is 268 g/mol. The molecular formula is C14H24N6O. The van der Waals surface area contributed by atoms with Crippen molar-refractivity contribution in [2.24, 2.45) is 5.92 Å². The summed E-state index contributed by atoms with van der Waals surface area (Å²) in [5.74, 6) is 2.25. The van der Waals surface area contributed by atoms with Crippen molar-refractivity contribution in [1.82, 2.24) is 15.0 Å². The van der Waals surface area contributed by atoms with Crippen LogP contribution in [-0.2, 0) is 4.74 Å². The smallest absolute Gasteiger partial charge is 0.232 e. The molecule has 2 atom stereocenters. The molecule has 0 spiro atoms. The second-order valence-electron chi connectivity index (χ2n) is 5.97. The molecule has 0 amide bonds. The van der Waals surface area contributed by atoms with Gasteiger partial charge in [-0.25, -0.2) is 0 Å². The molecule has 2 saturated heterocycles. The minimum absolute atomic E-state index is 0.215. The highest BCUT2D eigenvalue weighted by atomic mass is 16.5. The summed E-state index contributed by atoms with van der Waals surface area (Å²) >= 11 is 0. The summed E-state index contributed by atoms with van der Waals surface area (Å²) < 4.78 is 5.56. The van der Waals surface area contributed by atoms with E-state index >= 15 is 0 Å².